The first kappa shape index (κ1) is 15.1. The third kappa shape index (κ3) is 3.08. The van der Waals surface area contributed by atoms with Crippen LogP contribution in [-0.2, 0) is 4.79 Å². The molecule has 2 unspecified atom stereocenters. The number of carboxylic acids is 1. The van der Waals surface area contributed by atoms with Crippen LogP contribution in [0.2, 0.25) is 0 Å². The van der Waals surface area contributed by atoms with Crippen LogP contribution in [0.1, 0.15) is 17.3 Å². The highest BCUT2D eigenvalue weighted by Gasteiger charge is 2.40. The Morgan fingerprint density at radius 1 is 1.53 bits per heavy atom. The normalized spacial score (nSPS) is 22.6. The molecule has 2 atom stereocenters. The molecule has 0 aromatic heterocycles. The van der Waals surface area contributed by atoms with Crippen molar-refractivity contribution >= 4 is 62.2 Å². The highest BCUT2D eigenvalue weighted by Crippen LogP contribution is 2.31. The zero-order valence-electron chi connectivity index (χ0n) is 9.97. The number of carboxylic acid groups (broad SMARTS) is 1. The fourth-order valence-electron chi connectivity index (χ4n) is 1.94. The minimum Gasteiger partial charge on any atom is -0.480 e. The highest BCUT2D eigenvalue weighted by molar-refractivity contribution is 14.1. The van der Waals surface area contributed by atoms with Crippen LogP contribution in [0.4, 0.5) is 0 Å². The number of hydrogen-bond acceptors (Lipinski definition) is 3. The summed E-state index contributed by atoms with van der Waals surface area (Å²) in [4.78, 5) is 25.3. The summed E-state index contributed by atoms with van der Waals surface area (Å²) in [6, 6.07) is 4.68. The van der Waals surface area contributed by atoms with Crippen molar-refractivity contribution in [2.45, 2.75) is 18.3 Å². The Morgan fingerprint density at radius 3 is 2.84 bits per heavy atom. The van der Waals surface area contributed by atoms with Crippen LogP contribution in [0.3, 0.4) is 0 Å². The molecule has 1 amide bonds. The molecule has 1 saturated heterocycles. The van der Waals surface area contributed by atoms with Gasteiger partial charge >= 0.3 is 5.97 Å². The highest BCUT2D eigenvalue weighted by atomic mass is 127. The smallest absolute Gasteiger partial charge is 0.327 e. The summed E-state index contributed by atoms with van der Waals surface area (Å²) in [5, 5.41) is 9.08. The van der Waals surface area contributed by atoms with Gasteiger partial charge in [-0.25, -0.2) is 4.79 Å². The molecule has 0 bridgehead atoms. The van der Waals surface area contributed by atoms with Crippen molar-refractivity contribution in [3.63, 3.8) is 0 Å². The molecule has 1 fully saturated rings. The average Bonchev–Trinajstić information content (AvgIpc) is 2.73. The van der Waals surface area contributed by atoms with E-state index in [1.807, 2.05) is 19.1 Å². The molecule has 2 rings (SSSR count). The summed E-state index contributed by atoms with van der Waals surface area (Å²) in [5.41, 5.74) is 0.538. The predicted molar refractivity (Wildman–Crippen MR) is 86.4 cm³/mol. The molecule has 1 aliphatic rings. The van der Waals surface area contributed by atoms with Gasteiger partial charge in [0.05, 0.1) is 10.9 Å². The molecule has 19 heavy (non-hydrogen) atoms. The van der Waals surface area contributed by atoms with Gasteiger partial charge in [-0.2, -0.15) is 0 Å². The topological polar surface area (TPSA) is 57.6 Å². The molecule has 0 saturated carbocycles. The maximum absolute atomic E-state index is 12.6. The first-order chi connectivity index (χ1) is 8.91. The first-order valence-corrected chi connectivity index (χ1v) is 8.46. The van der Waals surface area contributed by atoms with Crippen molar-refractivity contribution in [2.24, 2.45) is 0 Å². The molecule has 0 spiro atoms. The second-order valence-corrected chi connectivity index (χ2v) is 7.55. The summed E-state index contributed by atoms with van der Waals surface area (Å²) in [6.45, 7) is 1.86. The van der Waals surface area contributed by atoms with Gasteiger partial charge in [0.1, 0.15) is 6.04 Å². The van der Waals surface area contributed by atoms with E-state index in [1.165, 1.54) is 16.7 Å². The summed E-state index contributed by atoms with van der Waals surface area (Å²) in [7, 11) is 0. The summed E-state index contributed by atoms with van der Waals surface area (Å²) < 4.78 is 1.63. The van der Waals surface area contributed by atoms with Crippen molar-refractivity contribution in [1.29, 1.82) is 0 Å². The van der Waals surface area contributed by atoms with Gasteiger partial charge in [-0.05, 0) is 47.7 Å². The van der Waals surface area contributed by atoms with Crippen molar-refractivity contribution in [3.8, 4) is 0 Å². The molecule has 1 aromatic rings. The Hall–Kier alpha value is -0.280. The Kier molecular flexibility index (Phi) is 4.78. The predicted octanol–water partition coefficient (Wildman–Crippen LogP) is 3.04. The number of amides is 1. The third-order valence-electron chi connectivity index (χ3n) is 2.90. The molecule has 1 aromatic carbocycles. The molecular formula is C12H11BrINO3S. The lowest BCUT2D eigenvalue weighted by atomic mass is 10.1. The summed E-state index contributed by atoms with van der Waals surface area (Å²) >= 11 is 6.91. The number of carbonyl (C=O) groups excluding carboxylic acids is 1. The molecule has 102 valence electrons. The fraction of sp³-hybridized carbons (Fsp3) is 0.333. The van der Waals surface area contributed by atoms with Crippen molar-refractivity contribution in [1.82, 2.24) is 4.90 Å². The first-order valence-electron chi connectivity index (χ1n) is 5.54. The zero-order chi connectivity index (χ0) is 14.2. The maximum Gasteiger partial charge on any atom is 0.327 e. The largest absolute Gasteiger partial charge is 0.480 e. The van der Waals surface area contributed by atoms with E-state index in [-0.39, 0.29) is 11.3 Å². The Labute approximate surface area is 137 Å². The van der Waals surface area contributed by atoms with Crippen LogP contribution in [0.25, 0.3) is 0 Å². The monoisotopic (exact) mass is 455 g/mol. The van der Waals surface area contributed by atoms with Crippen LogP contribution in [0, 0.1) is 3.57 Å². The summed E-state index contributed by atoms with van der Waals surface area (Å²) in [6.07, 6.45) is 0. The molecule has 1 N–H and O–H groups in total. The number of carbonyl (C=O) groups is 2. The number of nitrogens with zero attached hydrogens (tertiary/aromatic N) is 1. The van der Waals surface area contributed by atoms with Crippen LogP contribution >= 0.6 is 50.3 Å². The molecule has 0 aliphatic carbocycles. The minimum atomic E-state index is -0.949. The lowest BCUT2D eigenvalue weighted by Crippen LogP contribution is -2.45. The third-order valence-corrected chi connectivity index (χ3v) is 5.55. The number of halogens is 2. The van der Waals surface area contributed by atoms with E-state index in [0.717, 1.165) is 8.04 Å². The van der Waals surface area contributed by atoms with E-state index < -0.39 is 12.0 Å². The van der Waals surface area contributed by atoms with Gasteiger partial charge in [0, 0.05) is 13.8 Å². The summed E-state index contributed by atoms with van der Waals surface area (Å²) in [5.74, 6) is -0.738. The van der Waals surface area contributed by atoms with Crippen LogP contribution in [0.5, 0.6) is 0 Å². The van der Waals surface area contributed by atoms with Gasteiger partial charge in [-0.3, -0.25) is 4.79 Å². The van der Waals surface area contributed by atoms with Crippen LogP contribution < -0.4 is 0 Å². The number of rotatable bonds is 2. The molecule has 0 radical (unpaired) electrons. The Bertz CT molecular complexity index is 540. The standard InChI is InChI=1S/C12H11BrINO3S/c1-6-15(10(5-19-6)12(17)18)11(16)8-4-7(13)2-3-9(8)14/h2-4,6,10H,5H2,1H3,(H,17,18). The van der Waals surface area contributed by atoms with Crippen molar-refractivity contribution in [3.05, 3.63) is 31.8 Å². The lowest BCUT2D eigenvalue weighted by Gasteiger charge is -2.25. The van der Waals surface area contributed by atoms with E-state index in [0.29, 0.717) is 11.3 Å². The Balaban J connectivity index is 2.37. The second kappa shape index (κ2) is 6.01. The average molecular weight is 456 g/mol. The number of thioether (sulfide) groups is 1. The van der Waals surface area contributed by atoms with Crippen molar-refractivity contribution in [2.75, 3.05) is 5.75 Å². The second-order valence-electron chi connectivity index (χ2n) is 4.12. The van der Waals surface area contributed by atoms with E-state index >= 15 is 0 Å². The van der Waals surface area contributed by atoms with Gasteiger partial charge in [0.25, 0.3) is 5.91 Å². The number of aliphatic carboxylic acids is 1. The minimum absolute atomic E-state index is 0.122. The van der Waals surface area contributed by atoms with E-state index in [2.05, 4.69) is 38.5 Å². The maximum atomic E-state index is 12.6. The van der Waals surface area contributed by atoms with E-state index in [9.17, 15) is 14.7 Å². The molecule has 4 nitrogen and oxygen atoms in total. The number of hydrogen-bond donors (Lipinski definition) is 1. The van der Waals surface area contributed by atoms with Crippen LogP contribution in [0.15, 0.2) is 22.7 Å². The van der Waals surface area contributed by atoms with E-state index in [4.69, 9.17) is 0 Å². The fourth-order valence-corrected chi connectivity index (χ4v) is 4.04. The van der Waals surface area contributed by atoms with Gasteiger partial charge in [-0.15, -0.1) is 11.8 Å². The zero-order valence-corrected chi connectivity index (χ0v) is 14.5. The SMILES string of the molecule is CC1SCC(C(=O)O)N1C(=O)c1cc(Br)ccc1I. The molecule has 1 aliphatic heterocycles. The van der Waals surface area contributed by atoms with Crippen molar-refractivity contribution < 1.29 is 14.7 Å². The van der Waals surface area contributed by atoms with Gasteiger partial charge < -0.3 is 10.0 Å². The van der Waals surface area contributed by atoms with Crippen LogP contribution in [-0.4, -0.2) is 39.1 Å². The van der Waals surface area contributed by atoms with Gasteiger partial charge in [-0.1, -0.05) is 15.9 Å². The molecule has 7 heteroatoms. The molecular weight excluding hydrogens is 445 g/mol. The number of benzene rings is 1. The van der Waals surface area contributed by atoms with E-state index in [1.54, 1.807) is 6.07 Å². The quantitative estimate of drug-likeness (QED) is 0.696. The van der Waals surface area contributed by atoms with Gasteiger partial charge in [0.2, 0.25) is 0 Å². The molecule has 1 heterocycles. The Morgan fingerprint density at radius 2 is 2.21 bits per heavy atom. The lowest BCUT2D eigenvalue weighted by molar-refractivity contribution is -0.141. The van der Waals surface area contributed by atoms with Gasteiger partial charge in [0.15, 0.2) is 0 Å².